The van der Waals surface area contributed by atoms with E-state index in [1.807, 2.05) is 30.3 Å². The molecule has 0 radical (unpaired) electrons. The number of ether oxygens (including phenoxy) is 2. The Kier molecular flexibility index (Phi) is 5.14. The van der Waals surface area contributed by atoms with Crippen LogP contribution in [-0.2, 0) is 16.1 Å². The van der Waals surface area contributed by atoms with Crippen LogP contribution >= 0.6 is 0 Å². The quantitative estimate of drug-likeness (QED) is 0.682. The second kappa shape index (κ2) is 7.32. The summed E-state index contributed by atoms with van der Waals surface area (Å²) in [4.78, 5) is 25.9. The van der Waals surface area contributed by atoms with Gasteiger partial charge in [-0.2, -0.15) is 0 Å². The lowest BCUT2D eigenvalue weighted by Crippen LogP contribution is -2.40. The fourth-order valence-corrected chi connectivity index (χ4v) is 2.81. The summed E-state index contributed by atoms with van der Waals surface area (Å²) in [5, 5.41) is 19.8. The van der Waals surface area contributed by atoms with E-state index in [0.29, 0.717) is 5.56 Å². The van der Waals surface area contributed by atoms with Crippen LogP contribution in [0.4, 0.5) is 0 Å². The molecule has 1 aliphatic rings. The topological polar surface area (TPSA) is 114 Å². The van der Waals surface area contributed by atoms with Crippen LogP contribution in [0.3, 0.4) is 0 Å². The molecule has 8 nitrogen and oxygen atoms in total. The number of hydrogen-bond acceptors (Lipinski definition) is 6. The lowest BCUT2D eigenvalue weighted by Gasteiger charge is -2.22. The van der Waals surface area contributed by atoms with Crippen molar-refractivity contribution in [2.45, 2.75) is 38.1 Å². The van der Waals surface area contributed by atoms with E-state index >= 15 is 0 Å². The van der Waals surface area contributed by atoms with E-state index < -0.39 is 42.4 Å². The standard InChI is InChI=1S/C17H20N2O6/c1-10-7-19(17(23)18-15(10)22)16-14(13(21)12(8-20)25-16)24-9-11-5-3-2-4-6-11/h2-7,12-14,16,20-21H,8-9H2,1H3,(H,18,22,23). The Balaban J connectivity index is 1.89. The molecule has 2 heterocycles. The van der Waals surface area contributed by atoms with Crippen LogP contribution in [0.25, 0.3) is 0 Å². The minimum absolute atomic E-state index is 0.206. The van der Waals surface area contributed by atoms with Gasteiger partial charge in [-0.15, -0.1) is 0 Å². The first-order chi connectivity index (χ1) is 12.0. The van der Waals surface area contributed by atoms with Crippen molar-refractivity contribution in [3.8, 4) is 0 Å². The second-order valence-corrected chi connectivity index (χ2v) is 5.98. The van der Waals surface area contributed by atoms with Gasteiger partial charge in [0.15, 0.2) is 6.23 Å². The molecular weight excluding hydrogens is 328 g/mol. The number of aromatic nitrogens is 2. The molecule has 3 rings (SSSR count). The molecule has 8 heteroatoms. The molecule has 4 unspecified atom stereocenters. The van der Waals surface area contributed by atoms with Crippen LogP contribution in [0.2, 0.25) is 0 Å². The Morgan fingerprint density at radius 1 is 1.28 bits per heavy atom. The highest BCUT2D eigenvalue weighted by atomic mass is 16.6. The van der Waals surface area contributed by atoms with Gasteiger partial charge in [-0.25, -0.2) is 4.79 Å². The van der Waals surface area contributed by atoms with Crippen LogP contribution in [-0.4, -0.2) is 44.7 Å². The van der Waals surface area contributed by atoms with Gasteiger partial charge >= 0.3 is 5.69 Å². The molecule has 3 N–H and O–H groups in total. The number of nitrogens with zero attached hydrogens (tertiary/aromatic N) is 1. The Bertz CT molecular complexity index is 831. The molecule has 1 aliphatic heterocycles. The van der Waals surface area contributed by atoms with Gasteiger partial charge in [0.1, 0.15) is 18.3 Å². The smallest absolute Gasteiger partial charge is 0.330 e. The summed E-state index contributed by atoms with van der Waals surface area (Å²) in [6.45, 7) is 1.35. The van der Waals surface area contributed by atoms with E-state index in [4.69, 9.17) is 9.47 Å². The molecule has 2 aromatic rings. The molecule has 1 aromatic carbocycles. The largest absolute Gasteiger partial charge is 0.394 e. The molecule has 1 fully saturated rings. The van der Waals surface area contributed by atoms with Crippen LogP contribution in [0.5, 0.6) is 0 Å². The molecule has 0 spiro atoms. The number of aliphatic hydroxyl groups excluding tert-OH is 2. The summed E-state index contributed by atoms with van der Waals surface area (Å²) in [5.41, 5.74) is 0.0674. The maximum Gasteiger partial charge on any atom is 0.330 e. The van der Waals surface area contributed by atoms with E-state index in [9.17, 15) is 19.8 Å². The fraction of sp³-hybridized carbons (Fsp3) is 0.412. The number of nitrogens with one attached hydrogen (secondary N) is 1. The van der Waals surface area contributed by atoms with Gasteiger partial charge in [-0.3, -0.25) is 14.3 Å². The first-order valence-electron chi connectivity index (χ1n) is 7.93. The zero-order chi connectivity index (χ0) is 18.0. The maximum atomic E-state index is 12.1. The van der Waals surface area contributed by atoms with E-state index in [1.54, 1.807) is 6.92 Å². The molecule has 0 amide bonds. The normalized spacial score (nSPS) is 26.0. The molecule has 0 saturated carbocycles. The Labute approximate surface area is 143 Å². The Morgan fingerprint density at radius 3 is 2.68 bits per heavy atom. The average Bonchev–Trinajstić information content (AvgIpc) is 2.93. The third kappa shape index (κ3) is 3.57. The van der Waals surface area contributed by atoms with Gasteiger partial charge in [0.05, 0.1) is 13.2 Å². The number of rotatable bonds is 5. The van der Waals surface area contributed by atoms with Gasteiger partial charge in [0.25, 0.3) is 5.56 Å². The van der Waals surface area contributed by atoms with Gasteiger partial charge in [0, 0.05) is 11.8 Å². The zero-order valence-electron chi connectivity index (χ0n) is 13.7. The van der Waals surface area contributed by atoms with E-state index in [2.05, 4.69) is 4.98 Å². The molecule has 4 atom stereocenters. The summed E-state index contributed by atoms with van der Waals surface area (Å²) in [5.74, 6) is 0. The van der Waals surface area contributed by atoms with Gasteiger partial charge in [-0.1, -0.05) is 30.3 Å². The van der Waals surface area contributed by atoms with Crippen molar-refractivity contribution in [1.82, 2.24) is 9.55 Å². The summed E-state index contributed by atoms with van der Waals surface area (Å²) < 4.78 is 12.6. The molecular formula is C17H20N2O6. The SMILES string of the molecule is Cc1cn(C2OC(CO)C(O)C2OCc2ccccc2)c(=O)[nH]c1=O. The monoisotopic (exact) mass is 348 g/mol. The minimum Gasteiger partial charge on any atom is -0.394 e. The average molecular weight is 348 g/mol. The minimum atomic E-state index is -1.11. The van der Waals surface area contributed by atoms with Crippen molar-refractivity contribution >= 4 is 0 Å². The summed E-state index contributed by atoms with van der Waals surface area (Å²) in [6.07, 6.45) is -2.47. The summed E-state index contributed by atoms with van der Waals surface area (Å²) in [6, 6.07) is 9.35. The highest BCUT2D eigenvalue weighted by molar-refractivity contribution is 5.13. The first kappa shape index (κ1) is 17.6. The lowest BCUT2D eigenvalue weighted by molar-refractivity contribution is -0.0798. The number of aliphatic hydroxyl groups is 2. The lowest BCUT2D eigenvalue weighted by atomic mass is 10.1. The van der Waals surface area contributed by atoms with Crippen molar-refractivity contribution in [1.29, 1.82) is 0 Å². The predicted octanol–water partition coefficient (Wildman–Crippen LogP) is -0.319. The third-order valence-corrected chi connectivity index (χ3v) is 4.20. The van der Waals surface area contributed by atoms with Crippen LogP contribution in [0.1, 0.15) is 17.4 Å². The van der Waals surface area contributed by atoms with Crippen molar-refractivity contribution in [3.63, 3.8) is 0 Å². The first-order valence-corrected chi connectivity index (χ1v) is 7.93. The number of aryl methyl sites for hydroxylation is 1. The predicted molar refractivity (Wildman–Crippen MR) is 88.1 cm³/mol. The summed E-state index contributed by atoms with van der Waals surface area (Å²) >= 11 is 0. The fourth-order valence-electron chi connectivity index (χ4n) is 2.81. The number of hydrogen-bond donors (Lipinski definition) is 3. The highest BCUT2D eigenvalue weighted by Crippen LogP contribution is 2.31. The van der Waals surface area contributed by atoms with Crippen molar-refractivity contribution in [2.24, 2.45) is 0 Å². The molecule has 134 valence electrons. The van der Waals surface area contributed by atoms with Gasteiger partial charge in [0.2, 0.25) is 0 Å². The van der Waals surface area contributed by atoms with Gasteiger partial charge in [-0.05, 0) is 12.5 Å². The van der Waals surface area contributed by atoms with Crippen molar-refractivity contribution in [2.75, 3.05) is 6.61 Å². The van der Waals surface area contributed by atoms with Crippen LogP contribution < -0.4 is 11.2 Å². The molecule has 1 saturated heterocycles. The Hall–Kier alpha value is -2.26. The molecule has 25 heavy (non-hydrogen) atoms. The maximum absolute atomic E-state index is 12.1. The van der Waals surface area contributed by atoms with E-state index in [1.165, 1.54) is 10.8 Å². The van der Waals surface area contributed by atoms with Crippen LogP contribution in [0, 0.1) is 6.92 Å². The zero-order valence-corrected chi connectivity index (χ0v) is 13.7. The Morgan fingerprint density at radius 2 is 2.00 bits per heavy atom. The van der Waals surface area contributed by atoms with Gasteiger partial charge < -0.3 is 19.7 Å². The second-order valence-electron chi connectivity index (χ2n) is 5.98. The number of benzene rings is 1. The molecule has 1 aromatic heterocycles. The summed E-state index contributed by atoms with van der Waals surface area (Å²) in [7, 11) is 0. The van der Waals surface area contributed by atoms with Crippen molar-refractivity contribution in [3.05, 3.63) is 68.5 Å². The molecule has 0 bridgehead atoms. The third-order valence-electron chi connectivity index (χ3n) is 4.20. The van der Waals surface area contributed by atoms with E-state index in [0.717, 1.165) is 5.56 Å². The molecule has 0 aliphatic carbocycles. The van der Waals surface area contributed by atoms with E-state index in [-0.39, 0.29) is 6.61 Å². The number of aromatic amines is 1. The number of H-pyrrole nitrogens is 1. The van der Waals surface area contributed by atoms with Crippen molar-refractivity contribution < 1.29 is 19.7 Å². The highest BCUT2D eigenvalue weighted by Gasteiger charge is 2.45. The van der Waals surface area contributed by atoms with Crippen LogP contribution in [0.15, 0.2) is 46.1 Å².